The number of para-hydroxylation sites is 1. The van der Waals surface area contributed by atoms with Gasteiger partial charge in [0.2, 0.25) is 0 Å². The minimum Gasteiger partial charge on any atom is -0.507 e. The summed E-state index contributed by atoms with van der Waals surface area (Å²) >= 11 is 0. The van der Waals surface area contributed by atoms with Crippen LogP contribution in [0.5, 0.6) is 0 Å². The van der Waals surface area contributed by atoms with Crippen molar-refractivity contribution >= 4 is 28.4 Å². The molecule has 0 bridgehead atoms. The highest BCUT2D eigenvalue weighted by Gasteiger charge is 2.46. The Hall–Kier alpha value is -3.38. The monoisotopic (exact) mass is 418 g/mol. The lowest BCUT2D eigenvalue weighted by Crippen LogP contribution is -2.31. The van der Waals surface area contributed by atoms with Gasteiger partial charge in [-0.25, -0.2) is 0 Å². The number of fused-ring (bicyclic) bond motifs is 1. The fraction of sp³-hybridized carbons (Fsp3) is 0.280. The first kappa shape index (κ1) is 20.9. The average Bonchev–Trinajstić information content (AvgIpc) is 3.33. The molecule has 4 rings (SSSR count). The summed E-state index contributed by atoms with van der Waals surface area (Å²) < 4.78 is 5.13. The van der Waals surface area contributed by atoms with E-state index in [0.29, 0.717) is 25.1 Å². The highest BCUT2D eigenvalue weighted by atomic mass is 16.5. The van der Waals surface area contributed by atoms with Crippen LogP contribution in [0.25, 0.3) is 16.7 Å². The quantitative estimate of drug-likeness (QED) is 0.261. The van der Waals surface area contributed by atoms with Gasteiger partial charge in [0.25, 0.3) is 11.7 Å². The summed E-state index contributed by atoms with van der Waals surface area (Å²) in [6, 6.07) is 14.5. The van der Waals surface area contributed by atoms with Gasteiger partial charge in [-0.1, -0.05) is 49.4 Å². The lowest BCUT2D eigenvalue weighted by molar-refractivity contribution is -0.140. The Morgan fingerprint density at radius 1 is 1.13 bits per heavy atom. The van der Waals surface area contributed by atoms with Crippen molar-refractivity contribution in [3.05, 3.63) is 77.0 Å². The number of likely N-dealkylation sites (tertiary alicyclic amines) is 1. The number of benzene rings is 2. The van der Waals surface area contributed by atoms with Gasteiger partial charge in [-0.05, 0) is 24.5 Å². The number of H-pyrrole nitrogens is 1. The van der Waals surface area contributed by atoms with Crippen LogP contribution in [0.3, 0.4) is 0 Å². The molecule has 1 atom stereocenters. The van der Waals surface area contributed by atoms with Gasteiger partial charge in [0.1, 0.15) is 5.76 Å². The standard InChI is InChI=1S/C25H26N2O4/c1-3-16-9-11-17(12-10-16)23(28)21-22(19-15-26-20-8-5-4-7-18(19)20)27(13-6-14-31-2)25(30)24(21)29/h4-5,7-12,15,22,26,28H,3,6,13-14H2,1-2H3/b23-21+. The van der Waals surface area contributed by atoms with Crippen LogP contribution in [-0.2, 0) is 20.7 Å². The Morgan fingerprint density at radius 3 is 2.58 bits per heavy atom. The minimum absolute atomic E-state index is 0.122. The maximum Gasteiger partial charge on any atom is 0.295 e. The van der Waals surface area contributed by atoms with Gasteiger partial charge in [0.05, 0.1) is 11.6 Å². The third-order valence-corrected chi connectivity index (χ3v) is 5.84. The molecule has 1 unspecified atom stereocenters. The molecule has 31 heavy (non-hydrogen) atoms. The van der Waals surface area contributed by atoms with E-state index < -0.39 is 17.7 Å². The van der Waals surface area contributed by atoms with Crippen LogP contribution in [0.4, 0.5) is 0 Å². The van der Waals surface area contributed by atoms with Crippen LogP contribution in [0.2, 0.25) is 0 Å². The van der Waals surface area contributed by atoms with Crippen molar-refractivity contribution < 1.29 is 19.4 Å². The number of carbonyl (C=O) groups excluding carboxylic acids is 2. The van der Waals surface area contributed by atoms with Crippen molar-refractivity contribution in [1.29, 1.82) is 0 Å². The molecule has 0 radical (unpaired) electrons. The molecule has 0 saturated carbocycles. The zero-order valence-corrected chi connectivity index (χ0v) is 17.7. The largest absolute Gasteiger partial charge is 0.507 e. The Morgan fingerprint density at radius 2 is 1.87 bits per heavy atom. The van der Waals surface area contributed by atoms with E-state index in [1.165, 1.54) is 0 Å². The molecule has 160 valence electrons. The molecule has 0 spiro atoms. The van der Waals surface area contributed by atoms with E-state index in [0.717, 1.165) is 28.5 Å². The molecule has 1 aliphatic rings. The van der Waals surface area contributed by atoms with Crippen LogP contribution in [-0.4, -0.2) is 46.9 Å². The van der Waals surface area contributed by atoms with Crippen LogP contribution in [0.15, 0.2) is 60.3 Å². The van der Waals surface area contributed by atoms with Gasteiger partial charge in [0.15, 0.2) is 0 Å². The number of carbonyl (C=O) groups is 2. The van der Waals surface area contributed by atoms with Crippen molar-refractivity contribution in [2.45, 2.75) is 25.8 Å². The van der Waals surface area contributed by atoms with Crippen molar-refractivity contribution in [1.82, 2.24) is 9.88 Å². The zero-order chi connectivity index (χ0) is 22.0. The number of nitrogens with zero attached hydrogens (tertiary/aromatic N) is 1. The summed E-state index contributed by atoms with van der Waals surface area (Å²) in [6.07, 6.45) is 3.28. The number of Topliss-reactive ketones (excluding diaryl/α,β-unsaturated/α-hetero) is 1. The van der Waals surface area contributed by atoms with Gasteiger partial charge in [-0.3, -0.25) is 9.59 Å². The minimum atomic E-state index is -0.668. The molecule has 0 aliphatic carbocycles. The fourth-order valence-corrected chi connectivity index (χ4v) is 4.19. The number of aliphatic hydroxyl groups is 1. The van der Waals surface area contributed by atoms with E-state index >= 15 is 0 Å². The number of aliphatic hydroxyl groups excluding tert-OH is 1. The zero-order valence-electron chi connectivity index (χ0n) is 17.7. The molecule has 6 heteroatoms. The summed E-state index contributed by atoms with van der Waals surface area (Å²) in [4.78, 5) is 30.8. The van der Waals surface area contributed by atoms with Crippen molar-refractivity contribution in [2.75, 3.05) is 20.3 Å². The predicted molar refractivity (Wildman–Crippen MR) is 120 cm³/mol. The number of amides is 1. The maximum atomic E-state index is 13.1. The number of methoxy groups -OCH3 is 1. The highest BCUT2D eigenvalue weighted by molar-refractivity contribution is 6.46. The lowest BCUT2D eigenvalue weighted by Gasteiger charge is -2.24. The molecular formula is C25H26N2O4. The second kappa shape index (κ2) is 8.78. The Balaban J connectivity index is 1.86. The van der Waals surface area contributed by atoms with E-state index in [1.54, 1.807) is 24.1 Å². The molecule has 1 fully saturated rings. The molecule has 2 aromatic carbocycles. The first-order valence-corrected chi connectivity index (χ1v) is 10.5. The maximum absolute atomic E-state index is 13.1. The Labute approximate surface area is 181 Å². The normalized spacial score (nSPS) is 18.3. The van der Waals surface area contributed by atoms with E-state index in [2.05, 4.69) is 11.9 Å². The number of aromatic nitrogens is 1. The van der Waals surface area contributed by atoms with E-state index in [4.69, 9.17) is 4.74 Å². The van der Waals surface area contributed by atoms with Crippen LogP contribution >= 0.6 is 0 Å². The summed E-state index contributed by atoms with van der Waals surface area (Å²) in [6.45, 7) is 2.88. The number of nitrogens with one attached hydrogen (secondary N) is 1. The number of hydrogen-bond donors (Lipinski definition) is 2. The van der Waals surface area contributed by atoms with E-state index in [-0.39, 0.29) is 11.3 Å². The van der Waals surface area contributed by atoms with Gasteiger partial charge in [-0.2, -0.15) is 0 Å². The van der Waals surface area contributed by atoms with Crippen LogP contribution in [0, 0.1) is 0 Å². The van der Waals surface area contributed by atoms with Crippen molar-refractivity contribution in [3.8, 4) is 0 Å². The number of hydrogen-bond acceptors (Lipinski definition) is 4. The molecular weight excluding hydrogens is 392 g/mol. The fourth-order valence-electron chi connectivity index (χ4n) is 4.19. The molecule has 1 aromatic heterocycles. The van der Waals surface area contributed by atoms with Gasteiger partial charge in [0, 0.05) is 48.5 Å². The second-order valence-electron chi connectivity index (χ2n) is 7.68. The SMILES string of the molecule is CCc1ccc(/C(O)=C2\C(=O)C(=O)N(CCCOC)C2c2c[nH]c3ccccc23)cc1. The average molecular weight is 418 g/mol. The third kappa shape index (κ3) is 3.75. The number of aryl methyl sites for hydroxylation is 1. The van der Waals surface area contributed by atoms with Gasteiger partial charge >= 0.3 is 0 Å². The van der Waals surface area contributed by atoms with Gasteiger partial charge in [-0.15, -0.1) is 0 Å². The predicted octanol–water partition coefficient (Wildman–Crippen LogP) is 4.19. The molecule has 6 nitrogen and oxygen atoms in total. The first-order chi connectivity index (χ1) is 15.1. The smallest absolute Gasteiger partial charge is 0.295 e. The molecule has 1 aliphatic heterocycles. The molecule has 2 heterocycles. The number of ketones is 1. The molecule has 3 aromatic rings. The summed E-state index contributed by atoms with van der Waals surface area (Å²) in [5, 5.41) is 12.1. The van der Waals surface area contributed by atoms with E-state index in [1.807, 2.05) is 42.6 Å². The Bertz CT molecular complexity index is 1140. The number of ether oxygens (including phenoxy) is 1. The van der Waals surface area contributed by atoms with Crippen LogP contribution in [0.1, 0.15) is 36.1 Å². The third-order valence-electron chi connectivity index (χ3n) is 5.84. The van der Waals surface area contributed by atoms with Crippen molar-refractivity contribution in [3.63, 3.8) is 0 Å². The topological polar surface area (TPSA) is 82.6 Å². The lowest BCUT2D eigenvalue weighted by atomic mass is 9.94. The molecule has 1 amide bonds. The first-order valence-electron chi connectivity index (χ1n) is 10.5. The summed E-state index contributed by atoms with van der Waals surface area (Å²) in [5.41, 5.74) is 3.48. The molecule has 2 N–H and O–H groups in total. The summed E-state index contributed by atoms with van der Waals surface area (Å²) in [5.74, 6) is -1.41. The summed E-state index contributed by atoms with van der Waals surface area (Å²) in [7, 11) is 1.60. The van der Waals surface area contributed by atoms with Crippen LogP contribution < -0.4 is 0 Å². The number of rotatable bonds is 7. The van der Waals surface area contributed by atoms with E-state index in [9.17, 15) is 14.7 Å². The highest BCUT2D eigenvalue weighted by Crippen LogP contribution is 2.41. The second-order valence-corrected chi connectivity index (χ2v) is 7.68. The van der Waals surface area contributed by atoms with Crippen molar-refractivity contribution in [2.24, 2.45) is 0 Å². The van der Waals surface area contributed by atoms with Gasteiger partial charge < -0.3 is 19.7 Å². The molecule has 1 saturated heterocycles. The number of aromatic amines is 1. The Kier molecular flexibility index (Phi) is 5.91.